The molecular weight excluding hydrogens is 460 g/mol. The summed E-state index contributed by atoms with van der Waals surface area (Å²) >= 11 is 0. The van der Waals surface area contributed by atoms with Crippen molar-refractivity contribution in [2.45, 2.75) is 40.0 Å². The van der Waals surface area contributed by atoms with Crippen LogP contribution in [0.1, 0.15) is 40.0 Å². The molecule has 0 saturated heterocycles. The standard InChI is InChI=1S/C33H38O4/c1-9-13-16-19-28(5)33(22-29(6)31(20-17-14-10-2)24-36-26-34-7)23-30(12-4)32(21-18-15-11-3)25-37-27-35-8/h29-30,33H,1-3,12,22-27H2,4-8H3. The van der Waals surface area contributed by atoms with Gasteiger partial charge in [0.2, 0.25) is 0 Å². The zero-order chi connectivity index (χ0) is 27.7. The smallest absolute Gasteiger partial charge is 0.146 e. The highest BCUT2D eigenvalue weighted by molar-refractivity contribution is 5.13. The van der Waals surface area contributed by atoms with Gasteiger partial charge >= 0.3 is 0 Å². The van der Waals surface area contributed by atoms with Crippen LogP contribution in [0.25, 0.3) is 0 Å². The molecule has 0 aliphatic heterocycles. The molecule has 0 saturated carbocycles. The summed E-state index contributed by atoms with van der Waals surface area (Å²) in [5.41, 5.74) is 37.0. The molecule has 3 atom stereocenters. The van der Waals surface area contributed by atoms with Gasteiger partial charge in [0.1, 0.15) is 13.6 Å². The average molecular weight is 499 g/mol. The Kier molecular flexibility index (Phi) is 20.6. The molecule has 0 heterocycles. The Bertz CT molecular complexity index is 1210. The molecule has 0 N–H and O–H groups in total. The fourth-order valence-corrected chi connectivity index (χ4v) is 3.53. The predicted octanol–water partition coefficient (Wildman–Crippen LogP) is 6.84. The van der Waals surface area contributed by atoms with Gasteiger partial charge in [-0.05, 0) is 104 Å². The molecule has 37 heavy (non-hydrogen) atoms. The van der Waals surface area contributed by atoms with Crippen molar-refractivity contribution < 1.29 is 18.9 Å². The summed E-state index contributed by atoms with van der Waals surface area (Å²) < 4.78 is 21.4. The molecule has 0 aliphatic carbocycles. The Morgan fingerprint density at radius 3 is 1.65 bits per heavy atom. The first-order chi connectivity index (χ1) is 18.0. The summed E-state index contributed by atoms with van der Waals surface area (Å²) in [4.78, 5) is 0. The highest BCUT2D eigenvalue weighted by Gasteiger charge is 2.24. The second-order valence-corrected chi connectivity index (χ2v) is 8.07. The van der Waals surface area contributed by atoms with Crippen LogP contribution in [0.15, 0.2) is 105 Å². The van der Waals surface area contributed by atoms with E-state index in [9.17, 15) is 0 Å². The quantitative estimate of drug-likeness (QED) is 0.133. The van der Waals surface area contributed by atoms with Crippen LogP contribution < -0.4 is 0 Å². The largest absolute Gasteiger partial charge is 0.359 e. The minimum Gasteiger partial charge on any atom is -0.359 e. The van der Waals surface area contributed by atoms with Gasteiger partial charge in [0.25, 0.3) is 0 Å². The highest BCUT2D eigenvalue weighted by Crippen LogP contribution is 2.33. The average Bonchev–Trinajstić information content (AvgIpc) is 2.89. The maximum absolute atomic E-state index is 5.65. The van der Waals surface area contributed by atoms with Crippen LogP contribution in [-0.2, 0) is 18.9 Å². The molecule has 0 aromatic heterocycles. The van der Waals surface area contributed by atoms with E-state index in [0.717, 1.165) is 36.0 Å². The van der Waals surface area contributed by atoms with E-state index in [4.69, 9.17) is 18.9 Å². The van der Waals surface area contributed by atoms with E-state index in [-0.39, 0.29) is 31.3 Å². The van der Waals surface area contributed by atoms with Gasteiger partial charge in [-0.1, -0.05) is 48.2 Å². The van der Waals surface area contributed by atoms with Gasteiger partial charge < -0.3 is 18.9 Å². The lowest BCUT2D eigenvalue weighted by Gasteiger charge is -2.26. The summed E-state index contributed by atoms with van der Waals surface area (Å²) in [6, 6.07) is 0. The third kappa shape index (κ3) is 15.9. The monoisotopic (exact) mass is 498 g/mol. The van der Waals surface area contributed by atoms with E-state index in [1.165, 1.54) is 0 Å². The molecular formula is C33H38O4. The lowest BCUT2D eigenvalue weighted by atomic mass is 9.78. The Morgan fingerprint density at radius 1 is 0.676 bits per heavy atom. The highest BCUT2D eigenvalue weighted by atomic mass is 16.7. The molecule has 0 bridgehead atoms. The number of methoxy groups -OCH3 is 2. The van der Waals surface area contributed by atoms with Gasteiger partial charge in [-0.2, -0.15) is 0 Å². The van der Waals surface area contributed by atoms with E-state index in [1.54, 1.807) is 14.2 Å². The molecule has 194 valence electrons. The summed E-state index contributed by atoms with van der Waals surface area (Å²) in [5, 5.41) is 0. The topological polar surface area (TPSA) is 36.9 Å². The van der Waals surface area contributed by atoms with Crippen LogP contribution in [0.3, 0.4) is 0 Å². The Labute approximate surface area is 223 Å². The van der Waals surface area contributed by atoms with Crippen molar-refractivity contribution in [2.75, 3.05) is 41.0 Å². The fourth-order valence-electron chi connectivity index (χ4n) is 3.53. The van der Waals surface area contributed by atoms with Crippen molar-refractivity contribution >= 4 is 0 Å². The first kappa shape index (κ1) is 33.4. The second-order valence-electron chi connectivity index (χ2n) is 8.07. The number of hydrogen-bond donors (Lipinski definition) is 0. The molecule has 0 aromatic carbocycles. The maximum Gasteiger partial charge on any atom is 0.146 e. The normalized spacial score (nSPS) is 11.3. The molecule has 0 aliphatic rings. The van der Waals surface area contributed by atoms with Crippen molar-refractivity contribution in [2.24, 2.45) is 17.8 Å². The van der Waals surface area contributed by atoms with Crippen molar-refractivity contribution in [1.29, 1.82) is 0 Å². The van der Waals surface area contributed by atoms with Crippen LogP contribution in [0, 0.1) is 17.8 Å². The van der Waals surface area contributed by atoms with Crippen LogP contribution in [0.4, 0.5) is 0 Å². The molecule has 0 radical (unpaired) electrons. The third-order valence-electron chi connectivity index (χ3n) is 5.48. The van der Waals surface area contributed by atoms with E-state index < -0.39 is 0 Å². The molecule has 4 nitrogen and oxygen atoms in total. The second kappa shape index (κ2) is 22.9. The van der Waals surface area contributed by atoms with E-state index in [2.05, 4.69) is 102 Å². The van der Waals surface area contributed by atoms with Gasteiger partial charge in [-0.3, -0.25) is 0 Å². The van der Waals surface area contributed by atoms with Gasteiger partial charge in [-0.25, -0.2) is 0 Å². The van der Waals surface area contributed by atoms with E-state index >= 15 is 0 Å². The number of ether oxygens (including phenoxy) is 4. The SMILES string of the molecule is C=C=C=C=C=C(COCOC)C(C)CC(CC(CC)C(=C=C=C=C=C)COCOC)C(C)=C=C=C=C=C. The Balaban J connectivity index is 6.51. The minimum atomic E-state index is 0.116. The molecule has 4 heteroatoms. The third-order valence-corrected chi connectivity index (χ3v) is 5.48. The minimum absolute atomic E-state index is 0.116. The first-order valence-electron chi connectivity index (χ1n) is 12.0. The maximum atomic E-state index is 5.65. The molecule has 0 rings (SSSR count). The van der Waals surface area contributed by atoms with Crippen LogP contribution in [0.2, 0.25) is 0 Å². The summed E-state index contributed by atoms with van der Waals surface area (Å²) in [5.74, 6) is 0.431. The molecule has 0 fully saturated rings. The molecule has 0 aromatic rings. The summed E-state index contributed by atoms with van der Waals surface area (Å²) in [6.07, 6.45) is 2.52. The number of allylic oxidation sites excluding steroid dienone is 1. The summed E-state index contributed by atoms with van der Waals surface area (Å²) in [6.45, 7) is 18.0. The molecule has 0 spiro atoms. The van der Waals surface area contributed by atoms with E-state index in [1.807, 2.05) is 6.92 Å². The van der Waals surface area contributed by atoms with Gasteiger partial charge in [0, 0.05) is 25.4 Å². The van der Waals surface area contributed by atoms with Crippen molar-refractivity contribution in [1.82, 2.24) is 0 Å². The number of rotatable bonds is 16. The van der Waals surface area contributed by atoms with Crippen LogP contribution >= 0.6 is 0 Å². The zero-order valence-electron chi connectivity index (χ0n) is 22.9. The predicted molar refractivity (Wildman–Crippen MR) is 147 cm³/mol. The van der Waals surface area contributed by atoms with Gasteiger partial charge in [-0.15, -0.1) is 0 Å². The Morgan fingerprint density at radius 2 is 1.16 bits per heavy atom. The lowest BCUT2D eigenvalue weighted by Crippen LogP contribution is -2.18. The Hall–Kier alpha value is -3.58. The number of hydrogen-bond acceptors (Lipinski definition) is 4. The van der Waals surface area contributed by atoms with E-state index in [0.29, 0.717) is 13.2 Å². The van der Waals surface area contributed by atoms with Crippen LogP contribution in [0.5, 0.6) is 0 Å². The summed E-state index contributed by atoms with van der Waals surface area (Å²) in [7, 11) is 3.18. The van der Waals surface area contributed by atoms with Crippen molar-refractivity contribution in [3.8, 4) is 0 Å². The fraction of sp³-hybridized carbons (Fsp3) is 0.455. The van der Waals surface area contributed by atoms with Crippen molar-refractivity contribution in [3.63, 3.8) is 0 Å². The van der Waals surface area contributed by atoms with Crippen molar-refractivity contribution in [3.05, 3.63) is 105 Å². The van der Waals surface area contributed by atoms with Gasteiger partial charge in [0.05, 0.1) is 13.2 Å². The van der Waals surface area contributed by atoms with Gasteiger partial charge in [0.15, 0.2) is 0 Å². The zero-order valence-corrected chi connectivity index (χ0v) is 22.9. The first-order valence-corrected chi connectivity index (χ1v) is 12.0. The lowest BCUT2D eigenvalue weighted by molar-refractivity contribution is -0.0235. The molecule has 3 unspecified atom stereocenters. The molecule has 0 amide bonds. The van der Waals surface area contributed by atoms with Crippen LogP contribution in [-0.4, -0.2) is 41.0 Å².